The van der Waals surface area contributed by atoms with E-state index >= 15 is 0 Å². The quantitative estimate of drug-likeness (QED) is 0.281. The number of halogens is 1. The lowest BCUT2D eigenvalue weighted by molar-refractivity contribution is 0.568. The van der Waals surface area contributed by atoms with Gasteiger partial charge in [-0.05, 0) is 30.3 Å². The third-order valence-corrected chi connectivity index (χ3v) is 3.66. The molecule has 0 aliphatic rings. The molecule has 0 aliphatic heterocycles. The Morgan fingerprint density at radius 1 is 0.950 bits per heavy atom. The van der Waals surface area contributed by atoms with Gasteiger partial charge in [-0.3, -0.25) is 0 Å². The van der Waals surface area contributed by atoms with Crippen LogP contribution in [0, 0.1) is 0 Å². The fraction of sp³-hybridized carbons (Fsp3) is 0. The van der Waals surface area contributed by atoms with Crippen molar-refractivity contribution in [1.29, 1.82) is 0 Å². The monoisotopic (exact) mass is 326 g/mol. The zero-order valence-electron chi connectivity index (χ0n) is 10.1. The fourth-order valence-electron chi connectivity index (χ4n) is 2.26. The molecule has 0 radical (unpaired) electrons. The minimum Gasteiger partial charge on any atom is -0.421 e. The zero-order valence-corrected chi connectivity index (χ0v) is 11.7. The third-order valence-electron chi connectivity index (χ3n) is 3.16. The lowest BCUT2D eigenvalue weighted by Gasteiger charge is -2.03. The normalized spacial score (nSPS) is 11.4. The number of aromatic nitrogens is 2. The second-order valence-corrected chi connectivity index (χ2v) is 5.36. The fourth-order valence-corrected chi connectivity index (χ4v) is 2.61. The molecule has 0 amide bonds. The molecule has 4 nitrogen and oxygen atoms in total. The van der Waals surface area contributed by atoms with Crippen LogP contribution in [0.1, 0.15) is 0 Å². The smallest absolute Gasteiger partial charge is 0.364 e. The van der Waals surface area contributed by atoms with E-state index < -0.39 is 5.63 Å². The van der Waals surface area contributed by atoms with Gasteiger partial charge in [0.05, 0.1) is 11.0 Å². The van der Waals surface area contributed by atoms with E-state index in [0.29, 0.717) is 16.6 Å². The Balaban J connectivity index is 2.29. The van der Waals surface area contributed by atoms with Gasteiger partial charge in [0, 0.05) is 9.86 Å². The van der Waals surface area contributed by atoms with Crippen LogP contribution in [0.4, 0.5) is 0 Å². The van der Waals surface area contributed by atoms with Crippen LogP contribution in [0.3, 0.4) is 0 Å². The summed E-state index contributed by atoms with van der Waals surface area (Å²) >= 11 is 3.39. The van der Waals surface area contributed by atoms with Gasteiger partial charge in [0.1, 0.15) is 11.1 Å². The summed E-state index contributed by atoms with van der Waals surface area (Å²) in [6.07, 6.45) is 0. The number of para-hydroxylation sites is 1. The molecule has 0 N–H and O–H groups in total. The molecule has 20 heavy (non-hydrogen) atoms. The summed E-state index contributed by atoms with van der Waals surface area (Å²) in [7, 11) is 0. The van der Waals surface area contributed by atoms with Crippen molar-refractivity contribution in [3.8, 4) is 0 Å². The standard InChI is InChI=1S/C15H7BrN2O2/c16-8-5-6-10-11(7-8)18-14-13(17-10)9-3-1-2-4-12(9)20-15(14)19/h1-7H. The number of benzene rings is 2. The van der Waals surface area contributed by atoms with Gasteiger partial charge in [-0.2, -0.15) is 0 Å². The molecule has 0 aliphatic carbocycles. The lowest BCUT2D eigenvalue weighted by Crippen LogP contribution is -2.04. The topological polar surface area (TPSA) is 56.0 Å². The van der Waals surface area contributed by atoms with E-state index in [1.807, 2.05) is 36.4 Å². The van der Waals surface area contributed by atoms with Crippen LogP contribution in [-0.2, 0) is 0 Å². The Morgan fingerprint density at radius 2 is 1.75 bits per heavy atom. The molecule has 0 fully saturated rings. The lowest BCUT2D eigenvalue weighted by atomic mass is 10.2. The molecule has 0 saturated heterocycles. The average molecular weight is 327 g/mol. The van der Waals surface area contributed by atoms with Crippen molar-refractivity contribution in [3.05, 3.63) is 57.4 Å². The van der Waals surface area contributed by atoms with Crippen molar-refractivity contribution in [2.24, 2.45) is 0 Å². The van der Waals surface area contributed by atoms with Crippen LogP contribution >= 0.6 is 15.9 Å². The number of hydrogen-bond donors (Lipinski definition) is 0. The van der Waals surface area contributed by atoms with Gasteiger partial charge in [0.25, 0.3) is 0 Å². The van der Waals surface area contributed by atoms with Gasteiger partial charge in [0.15, 0.2) is 5.52 Å². The summed E-state index contributed by atoms with van der Waals surface area (Å²) in [5, 5.41) is 0.791. The summed E-state index contributed by atoms with van der Waals surface area (Å²) in [6, 6.07) is 12.9. The van der Waals surface area contributed by atoms with Gasteiger partial charge in [-0.15, -0.1) is 0 Å². The van der Waals surface area contributed by atoms with Gasteiger partial charge < -0.3 is 4.42 Å². The van der Waals surface area contributed by atoms with Gasteiger partial charge in [-0.1, -0.05) is 28.1 Å². The second-order valence-electron chi connectivity index (χ2n) is 4.44. The molecule has 2 aromatic heterocycles. The molecular weight excluding hydrogens is 320 g/mol. The van der Waals surface area contributed by atoms with E-state index in [9.17, 15) is 4.79 Å². The molecule has 5 heteroatoms. The highest BCUT2D eigenvalue weighted by molar-refractivity contribution is 9.10. The average Bonchev–Trinajstić information content (AvgIpc) is 2.46. The molecule has 0 unspecified atom stereocenters. The van der Waals surface area contributed by atoms with Crippen LogP contribution < -0.4 is 5.63 Å². The van der Waals surface area contributed by atoms with E-state index in [1.54, 1.807) is 6.07 Å². The molecule has 0 saturated carbocycles. The predicted molar refractivity (Wildman–Crippen MR) is 80.8 cm³/mol. The van der Waals surface area contributed by atoms with E-state index in [-0.39, 0.29) is 5.52 Å². The molecule has 2 aromatic carbocycles. The first-order chi connectivity index (χ1) is 9.72. The molecule has 4 aromatic rings. The highest BCUT2D eigenvalue weighted by Crippen LogP contribution is 2.23. The number of fused-ring (bicyclic) bond motifs is 4. The minimum absolute atomic E-state index is 0.259. The molecule has 0 atom stereocenters. The first-order valence-electron chi connectivity index (χ1n) is 6.01. The first kappa shape index (κ1) is 11.5. The van der Waals surface area contributed by atoms with Crippen molar-refractivity contribution in [3.63, 3.8) is 0 Å². The van der Waals surface area contributed by atoms with Crippen LogP contribution in [-0.4, -0.2) is 9.97 Å². The Kier molecular flexibility index (Phi) is 2.37. The van der Waals surface area contributed by atoms with Crippen LogP contribution in [0.15, 0.2) is 56.1 Å². The molecule has 0 spiro atoms. The van der Waals surface area contributed by atoms with Crippen LogP contribution in [0.25, 0.3) is 33.0 Å². The van der Waals surface area contributed by atoms with Gasteiger partial charge >= 0.3 is 5.63 Å². The number of nitrogens with zero attached hydrogens (tertiary/aromatic N) is 2. The summed E-state index contributed by atoms with van der Waals surface area (Å²) in [5.41, 5.74) is 2.30. The van der Waals surface area contributed by atoms with E-state index in [4.69, 9.17) is 4.42 Å². The maximum Gasteiger partial charge on any atom is 0.364 e. The van der Waals surface area contributed by atoms with E-state index in [0.717, 1.165) is 15.4 Å². The Morgan fingerprint density at radius 3 is 2.65 bits per heavy atom. The predicted octanol–water partition coefficient (Wildman–Crippen LogP) is 3.65. The molecule has 96 valence electrons. The van der Waals surface area contributed by atoms with Gasteiger partial charge in [0.2, 0.25) is 0 Å². The number of rotatable bonds is 0. The molecule has 2 heterocycles. The van der Waals surface area contributed by atoms with Crippen molar-refractivity contribution in [2.45, 2.75) is 0 Å². The van der Waals surface area contributed by atoms with Crippen molar-refractivity contribution >= 4 is 49.0 Å². The summed E-state index contributed by atoms with van der Waals surface area (Å²) < 4.78 is 6.18. The minimum atomic E-state index is -0.465. The van der Waals surface area contributed by atoms with Crippen molar-refractivity contribution in [2.75, 3.05) is 0 Å². The van der Waals surface area contributed by atoms with Crippen molar-refractivity contribution < 1.29 is 4.42 Å². The number of hydrogen-bond acceptors (Lipinski definition) is 4. The summed E-state index contributed by atoms with van der Waals surface area (Å²) in [4.78, 5) is 21.0. The third kappa shape index (κ3) is 1.63. The summed E-state index contributed by atoms with van der Waals surface area (Å²) in [6.45, 7) is 0. The molecular formula is C15H7BrN2O2. The molecule has 0 bridgehead atoms. The zero-order chi connectivity index (χ0) is 13.7. The van der Waals surface area contributed by atoms with Crippen LogP contribution in [0.2, 0.25) is 0 Å². The molecule has 4 rings (SSSR count). The Labute approximate surface area is 121 Å². The maximum atomic E-state index is 12.0. The Hall–Kier alpha value is -2.27. The van der Waals surface area contributed by atoms with E-state index in [1.165, 1.54) is 0 Å². The highest BCUT2D eigenvalue weighted by Gasteiger charge is 2.11. The van der Waals surface area contributed by atoms with Gasteiger partial charge in [-0.25, -0.2) is 14.8 Å². The van der Waals surface area contributed by atoms with E-state index in [2.05, 4.69) is 25.9 Å². The largest absolute Gasteiger partial charge is 0.421 e. The first-order valence-corrected chi connectivity index (χ1v) is 6.80. The Bertz CT molecular complexity index is 1040. The van der Waals surface area contributed by atoms with Crippen molar-refractivity contribution in [1.82, 2.24) is 9.97 Å². The van der Waals surface area contributed by atoms with Crippen LogP contribution in [0.5, 0.6) is 0 Å². The maximum absolute atomic E-state index is 12.0. The highest BCUT2D eigenvalue weighted by atomic mass is 79.9. The summed E-state index contributed by atoms with van der Waals surface area (Å²) in [5.74, 6) is 0. The SMILES string of the molecule is O=c1oc2ccccc2c2nc3ccc(Br)cc3nc12. The second kappa shape index (κ2) is 4.11.